The minimum Gasteiger partial charge on any atom is -0.307 e. The second kappa shape index (κ2) is 17.2. The number of hydrogen-bond acceptors (Lipinski definition) is 2. The maximum absolute atomic E-state index is 12.9. The van der Waals surface area contributed by atoms with Gasteiger partial charge in [-0.1, -0.05) is 171 Å². The molecule has 0 saturated carbocycles. The van der Waals surface area contributed by atoms with Crippen molar-refractivity contribution in [3.8, 4) is 39.9 Å². The number of hydrogen-bond donors (Lipinski definition) is 0. The summed E-state index contributed by atoms with van der Waals surface area (Å²) in [5.41, 5.74) is 18.6. The summed E-state index contributed by atoms with van der Waals surface area (Å²) in [5, 5.41) is 22.0. The Morgan fingerprint density at radius 2 is 0.709 bits per heavy atom. The molecular weight excluding hydrogens is 961 g/mol. The van der Waals surface area contributed by atoms with Crippen LogP contribution < -0.4 is 0 Å². The van der Waals surface area contributed by atoms with Gasteiger partial charge in [0.25, 0.3) is 0 Å². The van der Waals surface area contributed by atoms with E-state index < -0.39 is 0 Å². The molecule has 0 fully saturated rings. The van der Waals surface area contributed by atoms with Crippen LogP contribution in [0, 0.1) is 18.3 Å². The number of benzene rings is 9. The molecule has 0 aliphatic carbocycles. The minimum absolute atomic E-state index is 0.105. The Morgan fingerprint density at radius 3 is 1.10 bits per heavy atom. The first-order chi connectivity index (χ1) is 38.0. The van der Waals surface area contributed by atoms with E-state index in [-0.39, 0.29) is 16.2 Å². The van der Waals surface area contributed by atoms with Crippen LogP contribution in [0.1, 0.15) is 90.1 Å². The molecule has 5 aromatic heterocycles. The van der Waals surface area contributed by atoms with E-state index in [1.165, 1.54) is 22.3 Å². The number of fused-ring (bicyclic) bond motifs is 12. The molecule has 9 aromatic carbocycles. The third-order valence-electron chi connectivity index (χ3n) is 16.8. The van der Waals surface area contributed by atoms with E-state index in [9.17, 15) is 5.26 Å². The van der Waals surface area contributed by atoms with Crippen LogP contribution in [0.25, 0.3) is 121 Å². The third kappa shape index (κ3) is 7.18. The normalized spacial score (nSPS) is 12.7. The van der Waals surface area contributed by atoms with Crippen molar-refractivity contribution >= 4 is 87.2 Å². The standard InChI is InChI=1S/C73H62N6/c1-44-29-33-62-53(38-44)49-21-11-16-26-59(49)77(62)68-57(42-74)67(76-58-25-15-12-22-50(58)54-39-46(71(2,3)4)30-34-63(54)76)66(45-20-19-37-75-43-45)69(78-60-27-17-13-23-51(60)55-40-47(72(5,6)7)31-35-64(55)78)70(68)79-61-28-18-14-24-52(61)56-41-48(73(8,9)10)32-36-65(56)79/h11-41,43H,1-10H3. The second-order valence-corrected chi connectivity index (χ2v) is 24.9. The van der Waals surface area contributed by atoms with Crippen molar-refractivity contribution in [3.63, 3.8) is 0 Å². The molecule has 0 atom stereocenters. The molecule has 0 N–H and O–H groups in total. The Labute approximate surface area is 461 Å². The summed E-state index contributed by atoms with van der Waals surface area (Å²) in [6.45, 7) is 22.8. The fourth-order valence-corrected chi connectivity index (χ4v) is 12.8. The predicted octanol–water partition coefficient (Wildman–Crippen LogP) is 19.2. The van der Waals surface area contributed by atoms with Gasteiger partial charge in [0.1, 0.15) is 11.6 Å². The fraction of sp³-hybridized carbons (Fsp3) is 0.178. The number of para-hydroxylation sites is 4. The molecular formula is C73H62N6. The van der Waals surface area contributed by atoms with E-state index in [0.29, 0.717) is 5.56 Å². The first-order valence-corrected chi connectivity index (χ1v) is 27.7. The molecule has 0 radical (unpaired) electrons. The predicted molar refractivity (Wildman–Crippen MR) is 333 cm³/mol. The van der Waals surface area contributed by atoms with Crippen LogP contribution in [0.4, 0.5) is 0 Å². The lowest BCUT2D eigenvalue weighted by Gasteiger charge is -2.29. The number of nitriles is 1. The third-order valence-corrected chi connectivity index (χ3v) is 16.8. The van der Waals surface area contributed by atoms with E-state index in [0.717, 1.165) is 121 Å². The molecule has 5 heterocycles. The summed E-state index contributed by atoms with van der Waals surface area (Å²) in [4.78, 5) is 4.96. The zero-order valence-electron chi connectivity index (χ0n) is 46.7. The van der Waals surface area contributed by atoms with E-state index in [2.05, 4.69) is 269 Å². The van der Waals surface area contributed by atoms with Gasteiger partial charge in [0.15, 0.2) is 0 Å². The van der Waals surface area contributed by atoms with Gasteiger partial charge in [-0.15, -0.1) is 0 Å². The number of nitrogens with zero attached hydrogens (tertiary/aromatic N) is 6. The van der Waals surface area contributed by atoms with Crippen LogP contribution in [-0.4, -0.2) is 23.3 Å². The van der Waals surface area contributed by atoms with Gasteiger partial charge in [0.2, 0.25) is 0 Å². The zero-order valence-corrected chi connectivity index (χ0v) is 46.7. The van der Waals surface area contributed by atoms with Gasteiger partial charge >= 0.3 is 0 Å². The Bertz CT molecular complexity index is 4910. The van der Waals surface area contributed by atoms with E-state index in [1.54, 1.807) is 0 Å². The molecule has 0 bridgehead atoms. The quantitative estimate of drug-likeness (QED) is 0.172. The fourth-order valence-electron chi connectivity index (χ4n) is 12.8. The van der Waals surface area contributed by atoms with E-state index >= 15 is 0 Å². The van der Waals surface area contributed by atoms with Crippen LogP contribution in [0.5, 0.6) is 0 Å². The number of pyridine rings is 1. The van der Waals surface area contributed by atoms with Gasteiger partial charge in [-0.05, 0) is 119 Å². The first-order valence-electron chi connectivity index (χ1n) is 27.7. The average Bonchev–Trinajstić information content (AvgIpc) is 3.65. The number of aryl methyl sites for hydroxylation is 1. The van der Waals surface area contributed by atoms with Crippen LogP contribution in [0.15, 0.2) is 194 Å². The highest BCUT2D eigenvalue weighted by Crippen LogP contribution is 2.52. The monoisotopic (exact) mass is 1020 g/mol. The number of rotatable bonds is 5. The van der Waals surface area contributed by atoms with E-state index in [1.807, 2.05) is 18.5 Å². The Hall–Kier alpha value is -9.18. The van der Waals surface area contributed by atoms with Crippen molar-refractivity contribution in [2.45, 2.75) is 85.5 Å². The molecule has 0 unspecified atom stereocenters. The van der Waals surface area contributed by atoms with Crippen molar-refractivity contribution in [2.24, 2.45) is 0 Å². The molecule has 79 heavy (non-hydrogen) atoms. The molecule has 6 heteroatoms. The lowest BCUT2D eigenvalue weighted by Crippen LogP contribution is -2.16. The van der Waals surface area contributed by atoms with Crippen LogP contribution in [-0.2, 0) is 16.2 Å². The topological polar surface area (TPSA) is 56.4 Å². The van der Waals surface area contributed by atoms with Gasteiger partial charge in [-0.25, -0.2) is 0 Å². The molecule has 0 aliphatic heterocycles. The zero-order chi connectivity index (χ0) is 54.4. The largest absolute Gasteiger partial charge is 0.307 e. The van der Waals surface area contributed by atoms with Gasteiger partial charge in [-0.3, -0.25) is 4.98 Å². The molecule has 0 amide bonds. The van der Waals surface area contributed by atoms with Crippen LogP contribution in [0.2, 0.25) is 0 Å². The average molecular weight is 1020 g/mol. The highest BCUT2D eigenvalue weighted by atomic mass is 15.1. The maximum Gasteiger partial charge on any atom is 0.104 e. The Balaban J connectivity index is 1.34. The smallest absolute Gasteiger partial charge is 0.104 e. The van der Waals surface area contributed by atoms with Gasteiger partial charge < -0.3 is 18.3 Å². The van der Waals surface area contributed by atoms with Crippen molar-refractivity contribution in [1.82, 2.24) is 23.3 Å². The summed E-state index contributed by atoms with van der Waals surface area (Å²) in [7, 11) is 0. The van der Waals surface area contributed by atoms with Crippen molar-refractivity contribution in [3.05, 3.63) is 222 Å². The van der Waals surface area contributed by atoms with Crippen molar-refractivity contribution < 1.29 is 0 Å². The molecule has 6 nitrogen and oxygen atoms in total. The summed E-state index contributed by atoms with van der Waals surface area (Å²) in [6, 6.07) is 70.3. The number of aromatic nitrogens is 5. The maximum atomic E-state index is 12.9. The summed E-state index contributed by atoms with van der Waals surface area (Å²) >= 11 is 0. The highest BCUT2D eigenvalue weighted by molar-refractivity contribution is 6.17. The van der Waals surface area contributed by atoms with Gasteiger partial charge in [-0.2, -0.15) is 5.26 Å². The summed E-state index contributed by atoms with van der Waals surface area (Å²) < 4.78 is 9.84. The summed E-state index contributed by atoms with van der Waals surface area (Å²) in [5.74, 6) is 0. The molecule has 14 aromatic rings. The second-order valence-electron chi connectivity index (χ2n) is 24.9. The SMILES string of the molecule is Cc1ccc2c(c1)c1ccccc1n2-c1c(C#N)c(-n2c3ccccc3c3cc(C(C)(C)C)ccc32)c(-c2cccnc2)c(-n2c3ccccc3c3cc(C(C)(C)C)ccc32)c1-n1c2ccccc2c2cc(C(C)(C)C)ccc21. The molecule has 384 valence electrons. The summed E-state index contributed by atoms with van der Waals surface area (Å²) in [6.07, 6.45) is 3.85. The van der Waals surface area contributed by atoms with Gasteiger partial charge in [0.05, 0.1) is 66.9 Å². The van der Waals surface area contributed by atoms with Gasteiger partial charge in [0, 0.05) is 66.6 Å². The van der Waals surface area contributed by atoms with Crippen molar-refractivity contribution in [1.29, 1.82) is 5.26 Å². The molecule has 14 rings (SSSR count). The minimum atomic E-state index is -0.108. The van der Waals surface area contributed by atoms with Crippen molar-refractivity contribution in [2.75, 3.05) is 0 Å². The Kier molecular flexibility index (Phi) is 10.5. The molecule has 0 saturated heterocycles. The van der Waals surface area contributed by atoms with Crippen LogP contribution >= 0.6 is 0 Å². The highest BCUT2D eigenvalue weighted by Gasteiger charge is 2.36. The van der Waals surface area contributed by atoms with E-state index in [4.69, 9.17) is 4.98 Å². The molecule has 0 spiro atoms. The lowest BCUT2D eigenvalue weighted by molar-refractivity contribution is 0.591. The lowest BCUT2D eigenvalue weighted by atomic mass is 9.86. The van der Waals surface area contributed by atoms with Crippen LogP contribution in [0.3, 0.4) is 0 Å². The Morgan fingerprint density at radius 1 is 0.354 bits per heavy atom. The first kappa shape index (κ1) is 48.2. The molecule has 0 aliphatic rings.